The number of carboxylic acids is 1. The summed E-state index contributed by atoms with van der Waals surface area (Å²) in [5.74, 6) is -1.34. The Morgan fingerprint density at radius 3 is 1.78 bits per heavy atom. The highest BCUT2D eigenvalue weighted by molar-refractivity contribution is 5.94. The minimum Gasteiger partial charge on any atom is -0.480 e. The maximum absolute atomic E-state index is 13.0. The summed E-state index contributed by atoms with van der Waals surface area (Å²) in [6, 6.07) is 17.9. The fourth-order valence-corrected chi connectivity index (χ4v) is 2.61. The molecule has 0 spiro atoms. The maximum Gasteiger partial charge on any atom is 0.326 e. The van der Waals surface area contributed by atoms with Crippen molar-refractivity contribution in [3.8, 4) is 0 Å². The smallest absolute Gasteiger partial charge is 0.326 e. The van der Waals surface area contributed by atoms with E-state index >= 15 is 0 Å². The number of aliphatic carboxylic acids is 1. The van der Waals surface area contributed by atoms with Crippen LogP contribution in [-0.4, -0.2) is 23.0 Å². The van der Waals surface area contributed by atoms with Crippen molar-refractivity contribution in [2.45, 2.75) is 31.7 Å². The molecule has 0 aliphatic carbocycles. The average molecular weight is 311 g/mol. The standard InChI is InChI=1S/C19H21NO3/c1-3-16(17(21)22)20-18(23)19(2,14-10-6-4-7-11-14)15-12-8-5-9-13-15/h4-13,16H,3H2,1-2H3,(H,20,23)(H,21,22)/t16-/m0/s1. The maximum atomic E-state index is 13.0. The van der Waals surface area contributed by atoms with E-state index in [-0.39, 0.29) is 5.91 Å². The second-order valence-electron chi connectivity index (χ2n) is 5.63. The van der Waals surface area contributed by atoms with Crippen molar-refractivity contribution in [3.63, 3.8) is 0 Å². The molecule has 2 N–H and O–H groups in total. The molecule has 0 aliphatic rings. The number of carbonyl (C=O) groups is 2. The molecule has 2 aromatic rings. The minimum atomic E-state index is -1.02. The van der Waals surface area contributed by atoms with E-state index in [0.717, 1.165) is 11.1 Å². The molecule has 2 rings (SSSR count). The second kappa shape index (κ2) is 7.09. The van der Waals surface area contributed by atoms with Gasteiger partial charge < -0.3 is 10.4 Å². The summed E-state index contributed by atoms with van der Waals surface area (Å²) in [6.45, 7) is 3.56. The summed E-state index contributed by atoms with van der Waals surface area (Å²) in [5, 5.41) is 11.9. The number of rotatable bonds is 6. The van der Waals surface area contributed by atoms with Gasteiger partial charge in [0.05, 0.1) is 5.41 Å². The lowest BCUT2D eigenvalue weighted by Crippen LogP contribution is -2.49. The lowest BCUT2D eigenvalue weighted by atomic mass is 9.75. The van der Waals surface area contributed by atoms with E-state index in [0.29, 0.717) is 6.42 Å². The highest BCUT2D eigenvalue weighted by atomic mass is 16.4. The molecule has 1 atom stereocenters. The van der Waals surface area contributed by atoms with Crippen LogP contribution in [0, 0.1) is 0 Å². The molecule has 0 saturated carbocycles. The topological polar surface area (TPSA) is 66.4 Å². The van der Waals surface area contributed by atoms with Gasteiger partial charge in [-0.05, 0) is 24.5 Å². The molecular weight excluding hydrogens is 290 g/mol. The van der Waals surface area contributed by atoms with Gasteiger partial charge in [0.25, 0.3) is 0 Å². The Hall–Kier alpha value is -2.62. The number of hydrogen-bond donors (Lipinski definition) is 2. The van der Waals surface area contributed by atoms with E-state index in [2.05, 4.69) is 5.32 Å². The molecule has 0 heterocycles. The van der Waals surface area contributed by atoms with Gasteiger partial charge in [0.2, 0.25) is 5.91 Å². The number of amides is 1. The Balaban J connectivity index is 2.46. The van der Waals surface area contributed by atoms with Crippen molar-refractivity contribution in [2.24, 2.45) is 0 Å². The third kappa shape index (κ3) is 3.42. The summed E-state index contributed by atoms with van der Waals surface area (Å²) in [6.07, 6.45) is 0.334. The van der Waals surface area contributed by atoms with Crippen LogP contribution in [0.2, 0.25) is 0 Å². The van der Waals surface area contributed by atoms with Gasteiger partial charge in [-0.25, -0.2) is 4.79 Å². The first-order chi connectivity index (χ1) is 11.0. The summed E-state index contributed by atoms with van der Waals surface area (Å²) in [5.41, 5.74) is 0.693. The highest BCUT2D eigenvalue weighted by Crippen LogP contribution is 2.32. The molecule has 120 valence electrons. The fourth-order valence-electron chi connectivity index (χ4n) is 2.61. The van der Waals surface area contributed by atoms with E-state index in [9.17, 15) is 14.7 Å². The first-order valence-corrected chi connectivity index (χ1v) is 7.65. The lowest BCUT2D eigenvalue weighted by molar-refractivity contribution is -0.142. The third-order valence-electron chi connectivity index (χ3n) is 4.17. The van der Waals surface area contributed by atoms with E-state index in [4.69, 9.17) is 0 Å². The number of nitrogens with one attached hydrogen (secondary N) is 1. The monoisotopic (exact) mass is 311 g/mol. The first kappa shape index (κ1) is 16.7. The van der Waals surface area contributed by atoms with Gasteiger partial charge in [-0.3, -0.25) is 4.79 Å². The molecule has 0 saturated heterocycles. The van der Waals surface area contributed by atoms with Crippen LogP contribution in [0.1, 0.15) is 31.4 Å². The van der Waals surface area contributed by atoms with Crippen molar-refractivity contribution in [2.75, 3.05) is 0 Å². The zero-order valence-electron chi connectivity index (χ0n) is 13.3. The van der Waals surface area contributed by atoms with Gasteiger partial charge in [0.15, 0.2) is 0 Å². The number of carboxylic acid groups (broad SMARTS) is 1. The molecule has 4 heteroatoms. The first-order valence-electron chi connectivity index (χ1n) is 7.65. The second-order valence-corrected chi connectivity index (χ2v) is 5.63. The van der Waals surface area contributed by atoms with Crippen LogP contribution in [0.4, 0.5) is 0 Å². The molecule has 1 amide bonds. The summed E-state index contributed by atoms with van der Waals surface area (Å²) < 4.78 is 0. The number of benzene rings is 2. The molecule has 0 aliphatic heterocycles. The molecule has 0 radical (unpaired) electrons. The Labute approximate surface area is 136 Å². The van der Waals surface area contributed by atoms with Crippen molar-refractivity contribution >= 4 is 11.9 Å². The average Bonchev–Trinajstić information content (AvgIpc) is 2.59. The van der Waals surface area contributed by atoms with Crippen LogP contribution in [0.3, 0.4) is 0 Å². The zero-order chi connectivity index (χ0) is 16.9. The molecule has 2 aromatic carbocycles. The molecule has 4 nitrogen and oxygen atoms in total. The zero-order valence-corrected chi connectivity index (χ0v) is 13.3. The summed E-state index contributed by atoms with van der Waals surface area (Å²) in [4.78, 5) is 24.2. The quantitative estimate of drug-likeness (QED) is 0.862. The summed E-state index contributed by atoms with van der Waals surface area (Å²) >= 11 is 0. The third-order valence-corrected chi connectivity index (χ3v) is 4.17. The van der Waals surface area contributed by atoms with E-state index in [1.807, 2.05) is 67.6 Å². The van der Waals surface area contributed by atoms with Crippen LogP contribution < -0.4 is 5.32 Å². The normalized spacial score (nSPS) is 12.4. The van der Waals surface area contributed by atoms with Crippen LogP contribution in [0.25, 0.3) is 0 Å². The molecule has 0 fully saturated rings. The van der Waals surface area contributed by atoms with E-state index in [1.165, 1.54) is 0 Å². The van der Waals surface area contributed by atoms with Crippen molar-refractivity contribution < 1.29 is 14.7 Å². The molecule has 0 unspecified atom stereocenters. The molecular formula is C19H21NO3. The van der Waals surface area contributed by atoms with Crippen molar-refractivity contribution in [1.82, 2.24) is 5.32 Å². The molecule has 0 bridgehead atoms. The molecule has 23 heavy (non-hydrogen) atoms. The van der Waals surface area contributed by atoms with Gasteiger partial charge in [0, 0.05) is 0 Å². The fraction of sp³-hybridized carbons (Fsp3) is 0.263. The Morgan fingerprint density at radius 2 is 1.43 bits per heavy atom. The van der Waals surface area contributed by atoms with Gasteiger partial charge in [-0.15, -0.1) is 0 Å². The van der Waals surface area contributed by atoms with Crippen LogP contribution in [0.15, 0.2) is 60.7 Å². The van der Waals surface area contributed by atoms with E-state index < -0.39 is 17.4 Å². The van der Waals surface area contributed by atoms with Crippen LogP contribution >= 0.6 is 0 Å². The molecule has 0 aromatic heterocycles. The van der Waals surface area contributed by atoms with Crippen molar-refractivity contribution in [3.05, 3.63) is 71.8 Å². The van der Waals surface area contributed by atoms with Crippen LogP contribution in [0.5, 0.6) is 0 Å². The predicted octanol–water partition coefficient (Wildman–Crippen LogP) is 2.97. The van der Waals surface area contributed by atoms with Gasteiger partial charge in [-0.1, -0.05) is 67.6 Å². The minimum absolute atomic E-state index is 0.316. The van der Waals surface area contributed by atoms with Gasteiger partial charge in [-0.2, -0.15) is 0 Å². The largest absolute Gasteiger partial charge is 0.480 e. The lowest BCUT2D eigenvalue weighted by Gasteiger charge is -2.31. The predicted molar refractivity (Wildman–Crippen MR) is 89.2 cm³/mol. The Kier molecular flexibility index (Phi) is 5.16. The SMILES string of the molecule is CC[C@H](NC(=O)C(C)(c1ccccc1)c1ccccc1)C(=O)O. The van der Waals surface area contributed by atoms with Gasteiger partial charge in [0.1, 0.15) is 6.04 Å². The Morgan fingerprint density at radius 1 is 1.00 bits per heavy atom. The van der Waals surface area contributed by atoms with Gasteiger partial charge >= 0.3 is 5.97 Å². The van der Waals surface area contributed by atoms with Crippen molar-refractivity contribution in [1.29, 1.82) is 0 Å². The highest BCUT2D eigenvalue weighted by Gasteiger charge is 2.38. The van der Waals surface area contributed by atoms with Crippen LogP contribution in [-0.2, 0) is 15.0 Å². The number of carbonyl (C=O) groups excluding carboxylic acids is 1. The summed E-state index contributed by atoms with van der Waals surface area (Å²) in [7, 11) is 0. The number of hydrogen-bond acceptors (Lipinski definition) is 2. The van der Waals surface area contributed by atoms with E-state index in [1.54, 1.807) is 6.92 Å². The Bertz CT molecular complexity index is 628.